The van der Waals surface area contributed by atoms with Crippen LogP contribution in [0.1, 0.15) is 18.1 Å². The summed E-state index contributed by atoms with van der Waals surface area (Å²) in [6, 6.07) is 12.9. The summed E-state index contributed by atoms with van der Waals surface area (Å²) in [6.45, 7) is 4.74. The molecule has 0 fully saturated rings. The lowest BCUT2D eigenvalue weighted by Gasteiger charge is -2.27. The maximum absolute atomic E-state index is 14.0. The van der Waals surface area contributed by atoms with Crippen molar-refractivity contribution in [3.8, 4) is 0 Å². The first-order chi connectivity index (χ1) is 9.56. The number of rotatable bonds is 4. The van der Waals surface area contributed by atoms with Crippen molar-refractivity contribution >= 4 is 28.6 Å². The summed E-state index contributed by atoms with van der Waals surface area (Å²) >= 11 is 5.00. The van der Waals surface area contributed by atoms with Gasteiger partial charge in [-0.15, -0.1) is 0 Å². The summed E-state index contributed by atoms with van der Waals surface area (Å²) in [5.41, 5.74) is 8.83. The van der Waals surface area contributed by atoms with Crippen LogP contribution in [0.3, 0.4) is 0 Å². The van der Waals surface area contributed by atoms with Gasteiger partial charge in [0.05, 0.1) is 11.3 Å². The van der Waals surface area contributed by atoms with Crippen LogP contribution in [0.25, 0.3) is 0 Å². The molecule has 4 heteroatoms. The van der Waals surface area contributed by atoms with Crippen molar-refractivity contribution in [2.24, 2.45) is 5.73 Å². The summed E-state index contributed by atoms with van der Waals surface area (Å²) in [7, 11) is 0. The lowest BCUT2D eigenvalue weighted by Crippen LogP contribution is -2.23. The maximum Gasteiger partial charge on any atom is 0.135 e. The number of thiocarbonyl (C=S) groups is 1. The van der Waals surface area contributed by atoms with Gasteiger partial charge in [-0.3, -0.25) is 0 Å². The highest BCUT2D eigenvalue weighted by Gasteiger charge is 2.17. The minimum Gasteiger partial charge on any atom is -0.389 e. The van der Waals surface area contributed by atoms with Crippen LogP contribution in [0, 0.1) is 12.7 Å². The van der Waals surface area contributed by atoms with Crippen LogP contribution in [0.15, 0.2) is 42.5 Å². The number of nitrogens with zero attached hydrogens (tertiary/aromatic N) is 1. The molecule has 0 spiro atoms. The molecule has 20 heavy (non-hydrogen) atoms. The van der Waals surface area contributed by atoms with Crippen LogP contribution < -0.4 is 10.6 Å². The van der Waals surface area contributed by atoms with Crippen molar-refractivity contribution in [3.05, 3.63) is 59.4 Å². The molecule has 2 nitrogen and oxygen atoms in total. The number of benzene rings is 2. The molecule has 2 rings (SSSR count). The van der Waals surface area contributed by atoms with E-state index in [1.165, 1.54) is 6.07 Å². The molecule has 0 saturated heterocycles. The van der Waals surface area contributed by atoms with Crippen molar-refractivity contribution in [1.29, 1.82) is 0 Å². The zero-order valence-electron chi connectivity index (χ0n) is 11.6. The number of anilines is 2. The smallest absolute Gasteiger partial charge is 0.135 e. The first-order valence-corrected chi connectivity index (χ1v) is 6.88. The highest BCUT2D eigenvalue weighted by Crippen LogP contribution is 2.31. The molecule has 0 heterocycles. The number of nitrogens with two attached hydrogens (primary N) is 1. The molecule has 0 bridgehead atoms. The summed E-state index contributed by atoms with van der Waals surface area (Å²) < 4.78 is 14.0. The molecule has 0 radical (unpaired) electrons. The van der Waals surface area contributed by atoms with E-state index in [-0.39, 0.29) is 10.8 Å². The predicted molar refractivity (Wildman–Crippen MR) is 86.1 cm³/mol. The third kappa shape index (κ3) is 2.65. The van der Waals surface area contributed by atoms with Crippen molar-refractivity contribution in [1.82, 2.24) is 0 Å². The quantitative estimate of drug-likeness (QED) is 0.864. The van der Waals surface area contributed by atoms with Gasteiger partial charge in [-0.1, -0.05) is 36.5 Å². The second kappa shape index (κ2) is 6.01. The molecule has 0 aliphatic rings. The largest absolute Gasteiger partial charge is 0.389 e. The second-order valence-electron chi connectivity index (χ2n) is 4.53. The fourth-order valence-corrected chi connectivity index (χ4v) is 2.52. The summed E-state index contributed by atoms with van der Waals surface area (Å²) in [4.78, 5) is 2.09. The molecule has 0 saturated carbocycles. The average Bonchev–Trinajstić information content (AvgIpc) is 2.41. The van der Waals surface area contributed by atoms with Crippen LogP contribution in [0.4, 0.5) is 15.8 Å². The van der Waals surface area contributed by atoms with Crippen LogP contribution >= 0.6 is 12.2 Å². The van der Waals surface area contributed by atoms with Gasteiger partial charge in [0.25, 0.3) is 0 Å². The number of aryl methyl sites for hydroxylation is 1. The highest BCUT2D eigenvalue weighted by molar-refractivity contribution is 7.80. The fraction of sp³-hybridized carbons (Fsp3) is 0.188. The maximum atomic E-state index is 14.0. The molecule has 0 aliphatic heterocycles. The molecule has 2 aromatic carbocycles. The van der Waals surface area contributed by atoms with Crippen LogP contribution in [-0.2, 0) is 0 Å². The van der Waals surface area contributed by atoms with Crippen LogP contribution in [0.2, 0.25) is 0 Å². The van der Waals surface area contributed by atoms with Crippen LogP contribution in [0.5, 0.6) is 0 Å². The van der Waals surface area contributed by atoms with E-state index in [0.717, 1.165) is 11.3 Å². The second-order valence-corrected chi connectivity index (χ2v) is 4.97. The molecule has 0 amide bonds. The lowest BCUT2D eigenvalue weighted by molar-refractivity contribution is 0.625. The third-order valence-electron chi connectivity index (χ3n) is 3.25. The lowest BCUT2D eigenvalue weighted by atomic mass is 10.1. The van der Waals surface area contributed by atoms with Gasteiger partial charge >= 0.3 is 0 Å². The molecular formula is C16H17FN2S. The Morgan fingerprint density at radius 3 is 2.40 bits per heavy atom. The molecule has 0 aromatic heterocycles. The van der Waals surface area contributed by atoms with Crippen molar-refractivity contribution in [2.45, 2.75) is 13.8 Å². The van der Waals surface area contributed by atoms with Crippen LogP contribution in [-0.4, -0.2) is 11.5 Å². The van der Waals surface area contributed by atoms with E-state index in [1.54, 1.807) is 6.07 Å². The zero-order valence-corrected chi connectivity index (χ0v) is 12.4. The molecule has 104 valence electrons. The Balaban J connectivity index is 2.62. The van der Waals surface area contributed by atoms with Crippen molar-refractivity contribution in [3.63, 3.8) is 0 Å². The summed E-state index contributed by atoms with van der Waals surface area (Å²) in [5.74, 6) is -0.387. The minimum absolute atomic E-state index is 0.0742. The van der Waals surface area contributed by atoms with E-state index < -0.39 is 0 Å². The fourth-order valence-electron chi connectivity index (χ4n) is 2.32. The van der Waals surface area contributed by atoms with Gasteiger partial charge in [-0.05, 0) is 37.6 Å². The number of halogens is 1. The number of hydrogen-bond acceptors (Lipinski definition) is 2. The molecule has 2 N–H and O–H groups in total. The molecular weight excluding hydrogens is 271 g/mol. The Kier molecular flexibility index (Phi) is 4.35. The first kappa shape index (κ1) is 14.5. The standard InChI is InChI=1S/C16H17FN2S/c1-3-19(13-9-5-4-7-11(13)2)14-10-6-8-12(17)15(14)16(18)20/h4-10H,3H2,1-2H3,(H2,18,20). The third-order valence-corrected chi connectivity index (χ3v) is 3.46. The van der Waals surface area contributed by atoms with Gasteiger partial charge in [0, 0.05) is 12.2 Å². The van der Waals surface area contributed by atoms with Gasteiger partial charge in [0.15, 0.2) is 0 Å². The van der Waals surface area contributed by atoms with Gasteiger partial charge in [-0.25, -0.2) is 4.39 Å². The summed E-state index contributed by atoms with van der Waals surface area (Å²) in [6.07, 6.45) is 0. The molecule has 0 aliphatic carbocycles. The number of para-hydroxylation sites is 1. The van der Waals surface area contributed by atoms with E-state index in [1.807, 2.05) is 49.1 Å². The Bertz CT molecular complexity index is 640. The SMILES string of the molecule is CCN(c1ccccc1C)c1cccc(F)c1C(N)=S. The summed E-state index contributed by atoms with van der Waals surface area (Å²) in [5, 5.41) is 0. The average molecular weight is 288 g/mol. The molecule has 2 aromatic rings. The van der Waals surface area contributed by atoms with Crippen molar-refractivity contribution in [2.75, 3.05) is 11.4 Å². The Labute approximate surface area is 124 Å². The Morgan fingerprint density at radius 1 is 1.15 bits per heavy atom. The van der Waals surface area contributed by atoms with E-state index in [4.69, 9.17) is 18.0 Å². The van der Waals surface area contributed by atoms with E-state index in [0.29, 0.717) is 17.8 Å². The van der Waals surface area contributed by atoms with E-state index >= 15 is 0 Å². The Hall–Kier alpha value is -1.94. The van der Waals surface area contributed by atoms with Gasteiger partial charge < -0.3 is 10.6 Å². The van der Waals surface area contributed by atoms with Crippen molar-refractivity contribution < 1.29 is 4.39 Å². The normalized spacial score (nSPS) is 10.3. The predicted octanol–water partition coefficient (Wildman–Crippen LogP) is 3.93. The number of hydrogen-bond donors (Lipinski definition) is 1. The highest BCUT2D eigenvalue weighted by atomic mass is 32.1. The van der Waals surface area contributed by atoms with Gasteiger partial charge in [-0.2, -0.15) is 0 Å². The Morgan fingerprint density at radius 2 is 1.80 bits per heavy atom. The van der Waals surface area contributed by atoms with Gasteiger partial charge in [0.2, 0.25) is 0 Å². The zero-order chi connectivity index (χ0) is 14.7. The van der Waals surface area contributed by atoms with E-state index in [2.05, 4.69) is 0 Å². The van der Waals surface area contributed by atoms with Gasteiger partial charge in [0.1, 0.15) is 10.8 Å². The van der Waals surface area contributed by atoms with E-state index in [9.17, 15) is 4.39 Å². The molecule has 0 unspecified atom stereocenters. The first-order valence-electron chi connectivity index (χ1n) is 6.47. The topological polar surface area (TPSA) is 29.3 Å². The molecule has 0 atom stereocenters. The minimum atomic E-state index is -0.387. The monoisotopic (exact) mass is 288 g/mol.